The van der Waals surface area contributed by atoms with Gasteiger partial charge >= 0.3 is 0 Å². The summed E-state index contributed by atoms with van der Waals surface area (Å²) in [7, 11) is 0. The van der Waals surface area contributed by atoms with Gasteiger partial charge in [-0.05, 0) is 53.3 Å². The highest BCUT2D eigenvalue weighted by Crippen LogP contribution is 2.31. The van der Waals surface area contributed by atoms with Crippen LogP contribution in [-0.4, -0.2) is 5.96 Å². The van der Waals surface area contributed by atoms with E-state index in [0.29, 0.717) is 0 Å². The molecule has 0 aliphatic heterocycles. The molecule has 0 atom stereocenters. The molecule has 0 spiro atoms. The minimum atomic E-state index is 0.0217. The second-order valence-electron chi connectivity index (χ2n) is 3.96. The Balaban J connectivity index is 2.58. The Bertz CT molecular complexity index is 535. The van der Waals surface area contributed by atoms with Gasteiger partial charge in [0.05, 0.1) is 11.4 Å². The van der Waals surface area contributed by atoms with Crippen molar-refractivity contribution in [1.82, 2.24) is 0 Å². The number of halogens is 1. The molecule has 2 aromatic rings. The number of guanidine groups is 1. The molecule has 0 radical (unpaired) electrons. The van der Waals surface area contributed by atoms with Crippen molar-refractivity contribution in [2.45, 2.75) is 6.92 Å². The van der Waals surface area contributed by atoms with Crippen LogP contribution < -0.4 is 10.6 Å². The lowest BCUT2D eigenvalue weighted by molar-refractivity contribution is 1.23. The second-order valence-corrected chi connectivity index (χ2v) is 5.12. The van der Waals surface area contributed by atoms with E-state index in [1.54, 1.807) is 4.90 Å². The molecule has 0 bridgehead atoms. The third-order valence-corrected chi connectivity index (χ3v) is 3.60. The number of nitrogens with one attached hydrogen (secondary N) is 1. The maximum atomic E-state index is 7.82. The third-order valence-electron chi connectivity index (χ3n) is 2.69. The van der Waals surface area contributed by atoms with Crippen LogP contribution in [0, 0.1) is 15.9 Å². The smallest absolute Gasteiger partial charge is 0.197 e. The van der Waals surface area contributed by atoms with E-state index < -0.39 is 0 Å². The normalized spacial score (nSPS) is 10.1. The molecule has 18 heavy (non-hydrogen) atoms. The monoisotopic (exact) mass is 351 g/mol. The summed E-state index contributed by atoms with van der Waals surface area (Å²) in [4.78, 5) is 1.76. The number of nitrogens with two attached hydrogens (primary N) is 1. The molecule has 2 aromatic carbocycles. The quantitative estimate of drug-likeness (QED) is 0.493. The van der Waals surface area contributed by atoms with Gasteiger partial charge in [0.2, 0.25) is 0 Å². The lowest BCUT2D eigenvalue weighted by Crippen LogP contribution is -2.33. The largest absolute Gasteiger partial charge is 0.369 e. The van der Waals surface area contributed by atoms with Gasteiger partial charge in [-0.2, -0.15) is 0 Å². The van der Waals surface area contributed by atoms with E-state index >= 15 is 0 Å². The summed E-state index contributed by atoms with van der Waals surface area (Å²) in [5.74, 6) is 0.0217. The van der Waals surface area contributed by atoms with Crippen molar-refractivity contribution >= 4 is 39.9 Å². The molecule has 0 unspecified atom stereocenters. The first-order valence-electron chi connectivity index (χ1n) is 5.55. The standard InChI is InChI=1S/C14H14IN3/c1-10-6-2-4-8-12(10)18(14(16)17)13-9-5-3-7-11(13)15/h2-9H,1H3,(H3,16,17). The first-order valence-corrected chi connectivity index (χ1v) is 6.63. The average Bonchev–Trinajstić information content (AvgIpc) is 2.34. The SMILES string of the molecule is Cc1ccccc1N(C(=N)N)c1ccccc1I. The summed E-state index contributed by atoms with van der Waals surface area (Å²) in [5.41, 5.74) is 8.70. The first kappa shape index (κ1) is 12.9. The van der Waals surface area contributed by atoms with Crippen molar-refractivity contribution in [3.8, 4) is 0 Å². The van der Waals surface area contributed by atoms with Gasteiger partial charge in [-0.15, -0.1) is 0 Å². The van der Waals surface area contributed by atoms with Crippen LogP contribution in [0.25, 0.3) is 0 Å². The summed E-state index contributed by atoms with van der Waals surface area (Å²) in [6.07, 6.45) is 0. The fourth-order valence-corrected chi connectivity index (χ4v) is 2.47. The van der Waals surface area contributed by atoms with Gasteiger partial charge in [-0.25, -0.2) is 0 Å². The number of hydrogen-bond donors (Lipinski definition) is 2. The maximum Gasteiger partial charge on any atom is 0.197 e. The molecule has 92 valence electrons. The van der Waals surface area contributed by atoms with E-state index in [2.05, 4.69) is 22.6 Å². The van der Waals surface area contributed by atoms with Gasteiger partial charge in [0.15, 0.2) is 5.96 Å². The van der Waals surface area contributed by atoms with Crippen LogP contribution in [0.2, 0.25) is 0 Å². The van der Waals surface area contributed by atoms with E-state index in [1.165, 1.54) is 0 Å². The molecule has 0 aliphatic carbocycles. The number of hydrogen-bond acceptors (Lipinski definition) is 1. The molecule has 3 N–H and O–H groups in total. The van der Waals surface area contributed by atoms with Crippen LogP contribution in [0.5, 0.6) is 0 Å². The van der Waals surface area contributed by atoms with Gasteiger partial charge in [0.25, 0.3) is 0 Å². The van der Waals surface area contributed by atoms with Crippen molar-refractivity contribution in [1.29, 1.82) is 5.41 Å². The molecule has 0 amide bonds. The molecule has 4 heteroatoms. The predicted octanol–water partition coefficient (Wildman–Crippen LogP) is 3.63. The van der Waals surface area contributed by atoms with Crippen LogP contribution in [0.15, 0.2) is 48.5 Å². The third kappa shape index (κ3) is 2.48. The number of para-hydroxylation sites is 2. The summed E-state index contributed by atoms with van der Waals surface area (Å²) >= 11 is 2.25. The fourth-order valence-electron chi connectivity index (χ4n) is 1.84. The van der Waals surface area contributed by atoms with Crippen molar-refractivity contribution in [2.75, 3.05) is 4.90 Å². The van der Waals surface area contributed by atoms with Crippen molar-refractivity contribution < 1.29 is 0 Å². The Morgan fingerprint density at radius 3 is 2.17 bits per heavy atom. The van der Waals surface area contributed by atoms with Crippen LogP contribution in [-0.2, 0) is 0 Å². The van der Waals surface area contributed by atoms with Gasteiger partial charge < -0.3 is 5.73 Å². The number of aryl methyl sites for hydroxylation is 1. The number of anilines is 2. The van der Waals surface area contributed by atoms with E-state index in [-0.39, 0.29) is 5.96 Å². The van der Waals surface area contributed by atoms with Gasteiger partial charge in [-0.3, -0.25) is 10.3 Å². The predicted molar refractivity (Wildman–Crippen MR) is 84.4 cm³/mol. The van der Waals surface area contributed by atoms with E-state index in [1.807, 2.05) is 55.5 Å². The molecule has 3 nitrogen and oxygen atoms in total. The highest BCUT2D eigenvalue weighted by Gasteiger charge is 2.16. The first-order chi connectivity index (χ1) is 8.61. The summed E-state index contributed by atoms with van der Waals surface area (Å²) in [5, 5.41) is 7.82. The highest BCUT2D eigenvalue weighted by atomic mass is 127. The molecule has 0 saturated heterocycles. The number of rotatable bonds is 2. The summed E-state index contributed by atoms with van der Waals surface area (Å²) < 4.78 is 1.06. The van der Waals surface area contributed by atoms with Crippen molar-refractivity contribution in [3.05, 3.63) is 57.7 Å². The topological polar surface area (TPSA) is 53.1 Å². The van der Waals surface area contributed by atoms with Crippen LogP contribution in [0.3, 0.4) is 0 Å². The molecular weight excluding hydrogens is 337 g/mol. The lowest BCUT2D eigenvalue weighted by Gasteiger charge is -2.25. The molecule has 0 fully saturated rings. The van der Waals surface area contributed by atoms with Crippen LogP contribution in [0.1, 0.15) is 5.56 Å². The van der Waals surface area contributed by atoms with Crippen LogP contribution in [0.4, 0.5) is 11.4 Å². The van der Waals surface area contributed by atoms with Gasteiger partial charge in [0.1, 0.15) is 0 Å². The average molecular weight is 351 g/mol. The summed E-state index contributed by atoms with van der Waals surface area (Å²) in [6.45, 7) is 2.01. The zero-order valence-electron chi connectivity index (χ0n) is 10.0. The number of nitrogens with zero attached hydrogens (tertiary/aromatic N) is 1. The lowest BCUT2D eigenvalue weighted by atomic mass is 10.1. The Labute approximate surface area is 120 Å². The Morgan fingerprint density at radius 1 is 1.06 bits per heavy atom. The minimum Gasteiger partial charge on any atom is -0.369 e. The van der Waals surface area contributed by atoms with Gasteiger partial charge in [-0.1, -0.05) is 30.3 Å². The van der Waals surface area contributed by atoms with Crippen LogP contribution >= 0.6 is 22.6 Å². The Kier molecular flexibility index (Phi) is 3.86. The molecular formula is C14H14IN3. The molecule has 2 rings (SSSR count). The molecule has 0 aliphatic rings. The minimum absolute atomic E-state index is 0.0217. The zero-order valence-corrected chi connectivity index (χ0v) is 12.2. The Morgan fingerprint density at radius 2 is 1.61 bits per heavy atom. The Hall–Kier alpha value is -1.56. The van der Waals surface area contributed by atoms with Gasteiger partial charge in [0, 0.05) is 3.57 Å². The summed E-state index contributed by atoms with van der Waals surface area (Å²) in [6, 6.07) is 15.8. The molecule has 0 aromatic heterocycles. The fraction of sp³-hybridized carbons (Fsp3) is 0.0714. The molecule has 0 saturated carbocycles. The zero-order chi connectivity index (χ0) is 13.1. The van der Waals surface area contributed by atoms with E-state index in [4.69, 9.17) is 11.1 Å². The second kappa shape index (κ2) is 5.39. The van der Waals surface area contributed by atoms with E-state index in [9.17, 15) is 0 Å². The maximum absolute atomic E-state index is 7.82. The van der Waals surface area contributed by atoms with Crippen molar-refractivity contribution in [3.63, 3.8) is 0 Å². The van der Waals surface area contributed by atoms with E-state index in [0.717, 1.165) is 20.5 Å². The number of benzene rings is 2. The molecule has 0 heterocycles. The van der Waals surface area contributed by atoms with Crippen molar-refractivity contribution in [2.24, 2.45) is 5.73 Å². The highest BCUT2D eigenvalue weighted by molar-refractivity contribution is 14.1.